The number of carbonyl (C=O) groups is 1. The molecule has 0 saturated carbocycles. The Morgan fingerprint density at radius 2 is 2.00 bits per heavy atom. The van der Waals surface area contributed by atoms with Crippen LogP contribution in [0.15, 0.2) is 18.2 Å². The van der Waals surface area contributed by atoms with Crippen molar-refractivity contribution < 1.29 is 13.2 Å². The van der Waals surface area contributed by atoms with Crippen LogP contribution in [0.5, 0.6) is 0 Å². The highest BCUT2D eigenvalue weighted by molar-refractivity contribution is 7.91. The van der Waals surface area contributed by atoms with Crippen molar-refractivity contribution in [3.8, 4) is 0 Å². The summed E-state index contributed by atoms with van der Waals surface area (Å²) in [6, 6.07) is 5.51. The van der Waals surface area contributed by atoms with E-state index < -0.39 is 9.84 Å². The molecule has 0 aromatic heterocycles. The number of rotatable bonds is 2. The number of hydrogen-bond donors (Lipinski definition) is 0. The molecular formula is C13H17NO3S. The Hall–Kier alpha value is -1.36. The Bertz CT molecular complexity index is 551. The van der Waals surface area contributed by atoms with Gasteiger partial charge in [0.15, 0.2) is 9.84 Å². The van der Waals surface area contributed by atoms with Gasteiger partial charge in [0.1, 0.15) is 6.29 Å². The van der Waals surface area contributed by atoms with E-state index in [1.165, 1.54) is 0 Å². The maximum absolute atomic E-state index is 11.6. The van der Waals surface area contributed by atoms with Gasteiger partial charge < -0.3 is 4.90 Å². The van der Waals surface area contributed by atoms with Crippen molar-refractivity contribution in [2.24, 2.45) is 0 Å². The SMILES string of the molecule is Cc1cc(C=O)ccc1N1CCCS(=O)(=O)CC1. The molecule has 0 N–H and O–H groups in total. The second-order valence-electron chi connectivity index (χ2n) is 4.66. The van der Waals surface area contributed by atoms with Crippen molar-refractivity contribution in [1.29, 1.82) is 0 Å². The Morgan fingerprint density at radius 3 is 2.67 bits per heavy atom. The van der Waals surface area contributed by atoms with Gasteiger partial charge in [-0.25, -0.2) is 8.42 Å². The zero-order valence-electron chi connectivity index (χ0n) is 10.4. The van der Waals surface area contributed by atoms with Gasteiger partial charge in [-0.2, -0.15) is 0 Å². The number of anilines is 1. The second kappa shape index (κ2) is 5.10. The smallest absolute Gasteiger partial charge is 0.152 e. The predicted octanol–water partition coefficient (Wildman–Crippen LogP) is 1.43. The van der Waals surface area contributed by atoms with Gasteiger partial charge in [0.2, 0.25) is 0 Å². The molecule has 5 heteroatoms. The molecule has 1 heterocycles. The fraction of sp³-hybridized carbons (Fsp3) is 0.462. The van der Waals surface area contributed by atoms with E-state index >= 15 is 0 Å². The highest BCUT2D eigenvalue weighted by atomic mass is 32.2. The van der Waals surface area contributed by atoms with Gasteiger partial charge in [0, 0.05) is 24.3 Å². The summed E-state index contributed by atoms with van der Waals surface area (Å²) >= 11 is 0. The minimum atomic E-state index is -2.88. The third-order valence-electron chi connectivity index (χ3n) is 3.25. The molecule has 0 bridgehead atoms. The van der Waals surface area contributed by atoms with Crippen LogP contribution < -0.4 is 4.90 Å². The molecule has 0 unspecified atom stereocenters. The van der Waals surface area contributed by atoms with Crippen LogP contribution in [0.4, 0.5) is 5.69 Å². The maximum Gasteiger partial charge on any atom is 0.152 e. The van der Waals surface area contributed by atoms with Crippen molar-refractivity contribution >= 4 is 21.8 Å². The van der Waals surface area contributed by atoms with E-state index in [1.54, 1.807) is 6.07 Å². The van der Waals surface area contributed by atoms with Crippen LogP contribution in [-0.2, 0) is 9.84 Å². The van der Waals surface area contributed by atoms with E-state index in [1.807, 2.05) is 19.1 Å². The summed E-state index contributed by atoms with van der Waals surface area (Å²) in [5, 5.41) is 0. The molecule has 0 aliphatic carbocycles. The minimum absolute atomic E-state index is 0.210. The lowest BCUT2D eigenvalue weighted by Crippen LogP contribution is -2.27. The Balaban J connectivity index is 2.24. The third kappa shape index (κ3) is 2.90. The van der Waals surface area contributed by atoms with Gasteiger partial charge in [-0.15, -0.1) is 0 Å². The summed E-state index contributed by atoms with van der Waals surface area (Å²) in [7, 11) is -2.88. The van der Waals surface area contributed by atoms with E-state index in [2.05, 4.69) is 4.90 Å². The molecule has 1 aliphatic rings. The summed E-state index contributed by atoms with van der Waals surface area (Å²) in [5.41, 5.74) is 2.69. The van der Waals surface area contributed by atoms with Crippen LogP contribution in [-0.4, -0.2) is 39.3 Å². The molecular weight excluding hydrogens is 250 g/mol. The predicted molar refractivity (Wildman–Crippen MR) is 72.1 cm³/mol. The van der Waals surface area contributed by atoms with Crippen molar-refractivity contribution in [2.75, 3.05) is 29.5 Å². The lowest BCUT2D eigenvalue weighted by Gasteiger charge is -2.24. The molecule has 1 saturated heterocycles. The van der Waals surface area contributed by atoms with Gasteiger partial charge >= 0.3 is 0 Å². The standard InChI is InChI=1S/C13H17NO3S/c1-11-9-12(10-15)3-4-13(11)14-5-2-7-18(16,17)8-6-14/h3-4,9-10H,2,5-8H2,1H3. The number of aryl methyl sites for hydroxylation is 1. The van der Waals surface area contributed by atoms with Gasteiger partial charge in [-0.05, 0) is 37.1 Å². The largest absolute Gasteiger partial charge is 0.370 e. The molecule has 0 amide bonds. The fourth-order valence-corrected chi connectivity index (χ4v) is 3.56. The highest BCUT2D eigenvalue weighted by Crippen LogP contribution is 2.22. The van der Waals surface area contributed by atoms with E-state index in [0.29, 0.717) is 18.5 Å². The first-order valence-electron chi connectivity index (χ1n) is 6.03. The maximum atomic E-state index is 11.6. The monoisotopic (exact) mass is 267 g/mol. The number of carbonyl (C=O) groups excluding carboxylic acids is 1. The lowest BCUT2D eigenvalue weighted by molar-refractivity contribution is 0.112. The molecule has 0 radical (unpaired) electrons. The first-order chi connectivity index (χ1) is 8.52. The Kier molecular flexibility index (Phi) is 3.71. The van der Waals surface area contributed by atoms with Crippen molar-refractivity contribution in [3.63, 3.8) is 0 Å². The van der Waals surface area contributed by atoms with Crippen LogP contribution >= 0.6 is 0 Å². The number of sulfone groups is 1. The quantitative estimate of drug-likeness (QED) is 0.761. The molecule has 98 valence electrons. The third-order valence-corrected chi connectivity index (χ3v) is 4.97. The summed E-state index contributed by atoms with van der Waals surface area (Å²) in [5.74, 6) is 0.483. The summed E-state index contributed by atoms with van der Waals surface area (Å²) in [6.07, 6.45) is 1.49. The van der Waals surface area contributed by atoms with Gasteiger partial charge in [-0.3, -0.25) is 4.79 Å². The van der Waals surface area contributed by atoms with Crippen LogP contribution in [0.1, 0.15) is 22.3 Å². The van der Waals surface area contributed by atoms with E-state index in [0.717, 1.165) is 24.1 Å². The van der Waals surface area contributed by atoms with Gasteiger partial charge in [0.05, 0.1) is 11.5 Å². The second-order valence-corrected chi connectivity index (χ2v) is 6.96. The average molecular weight is 267 g/mol. The number of benzene rings is 1. The molecule has 1 aromatic carbocycles. The molecule has 0 atom stereocenters. The van der Waals surface area contributed by atoms with Crippen LogP contribution in [0.25, 0.3) is 0 Å². The van der Waals surface area contributed by atoms with Crippen LogP contribution in [0, 0.1) is 6.92 Å². The zero-order chi connectivity index (χ0) is 13.2. The number of aldehydes is 1. The summed E-state index contributed by atoms with van der Waals surface area (Å²) < 4.78 is 23.1. The molecule has 18 heavy (non-hydrogen) atoms. The van der Waals surface area contributed by atoms with E-state index in [9.17, 15) is 13.2 Å². The first kappa shape index (κ1) is 13.1. The molecule has 2 rings (SSSR count). The van der Waals surface area contributed by atoms with E-state index in [4.69, 9.17) is 0 Å². The topological polar surface area (TPSA) is 54.5 Å². The Labute approximate surface area is 108 Å². The number of hydrogen-bond acceptors (Lipinski definition) is 4. The van der Waals surface area contributed by atoms with Crippen molar-refractivity contribution in [1.82, 2.24) is 0 Å². The van der Waals surface area contributed by atoms with Gasteiger partial charge in [0.25, 0.3) is 0 Å². The summed E-state index contributed by atoms with van der Waals surface area (Å²) in [6.45, 7) is 3.23. The molecule has 1 aliphatic heterocycles. The number of nitrogens with zero attached hydrogens (tertiary/aromatic N) is 1. The zero-order valence-corrected chi connectivity index (χ0v) is 11.2. The van der Waals surface area contributed by atoms with Crippen molar-refractivity contribution in [3.05, 3.63) is 29.3 Å². The van der Waals surface area contributed by atoms with Crippen LogP contribution in [0.2, 0.25) is 0 Å². The van der Waals surface area contributed by atoms with Crippen molar-refractivity contribution in [2.45, 2.75) is 13.3 Å². The van der Waals surface area contributed by atoms with E-state index in [-0.39, 0.29) is 11.5 Å². The molecule has 1 aromatic rings. The fourth-order valence-electron chi connectivity index (χ4n) is 2.29. The first-order valence-corrected chi connectivity index (χ1v) is 7.85. The lowest BCUT2D eigenvalue weighted by atomic mass is 10.1. The normalized spacial score (nSPS) is 19.3. The minimum Gasteiger partial charge on any atom is -0.370 e. The molecule has 0 spiro atoms. The van der Waals surface area contributed by atoms with Gasteiger partial charge in [-0.1, -0.05) is 0 Å². The van der Waals surface area contributed by atoms with Crippen LogP contribution in [0.3, 0.4) is 0 Å². The average Bonchev–Trinajstić information content (AvgIpc) is 2.50. The Morgan fingerprint density at radius 1 is 1.22 bits per heavy atom. The molecule has 1 fully saturated rings. The summed E-state index contributed by atoms with van der Waals surface area (Å²) in [4.78, 5) is 12.8. The highest BCUT2D eigenvalue weighted by Gasteiger charge is 2.20. The molecule has 4 nitrogen and oxygen atoms in total.